The monoisotopic (exact) mass is 273 g/mol. The van der Waals surface area contributed by atoms with Gasteiger partial charge in [-0.25, -0.2) is 0 Å². The van der Waals surface area contributed by atoms with E-state index >= 15 is 0 Å². The van der Waals surface area contributed by atoms with Crippen LogP contribution in [0.15, 0.2) is 11.4 Å². The molecule has 1 unspecified atom stereocenters. The molecule has 1 aliphatic rings. The summed E-state index contributed by atoms with van der Waals surface area (Å²) in [6.07, 6.45) is 2.22. The predicted molar refractivity (Wildman–Crippen MR) is 69.6 cm³/mol. The van der Waals surface area contributed by atoms with E-state index in [1.54, 1.807) is 11.3 Å². The Balaban J connectivity index is 1.76. The average molecular weight is 274 g/mol. The smallest absolute Gasteiger partial charge is 0.303 e. The van der Waals surface area contributed by atoms with Gasteiger partial charge in [0.25, 0.3) is 0 Å². The minimum atomic E-state index is -0.687. The summed E-state index contributed by atoms with van der Waals surface area (Å²) in [5.74, 6) is -0.143. The lowest BCUT2D eigenvalue weighted by Gasteiger charge is -2.14. The highest BCUT2D eigenvalue weighted by Gasteiger charge is 2.23. The summed E-state index contributed by atoms with van der Waals surface area (Å²) in [4.78, 5) is 14.2. The Labute approximate surface area is 110 Å². The summed E-state index contributed by atoms with van der Waals surface area (Å²) in [7, 11) is 0. The van der Waals surface area contributed by atoms with Crippen molar-refractivity contribution in [2.75, 3.05) is 13.1 Å². The van der Waals surface area contributed by atoms with Crippen LogP contribution in [0.4, 0.5) is 0 Å². The summed E-state index contributed by atoms with van der Waals surface area (Å²) in [6, 6.07) is 2.01. The number of hydrogen-bond acceptors (Lipinski definition) is 3. The molecule has 1 fully saturated rings. The largest absolute Gasteiger partial charge is 0.481 e. The maximum Gasteiger partial charge on any atom is 0.303 e. The fraction of sp³-hybridized carbons (Fsp3) is 0.583. The Bertz CT molecular complexity index is 394. The van der Waals surface area contributed by atoms with Gasteiger partial charge >= 0.3 is 5.97 Å². The van der Waals surface area contributed by atoms with Gasteiger partial charge in [-0.3, -0.25) is 9.69 Å². The van der Waals surface area contributed by atoms with E-state index in [1.807, 2.05) is 11.4 Å². The van der Waals surface area contributed by atoms with Gasteiger partial charge in [0.05, 0.1) is 5.02 Å². The van der Waals surface area contributed by atoms with E-state index in [0.29, 0.717) is 12.3 Å². The van der Waals surface area contributed by atoms with Gasteiger partial charge in [-0.1, -0.05) is 11.6 Å². The molecule has 17 heavy (non-hydrogen) atoms. The van der Waals surface area contributed by atoms with Gasteiger partial charge in [0.2, 0.25) is 0 Å². The van der Waals surface area contributed by atoms with Crippen LogP contribution < -0.4 is 0 Å². The highest BCUT2D eigenvalue weighted by molar-refractivity contribution is 7.10. The molecule has 0 radical (unpaired) electrons. The lowest BCUT2D eigenvalue weighted by atomic mass is 10.0. The van der Waals surface area contributed by atoms with Crippen LogP contribution >= 0.6 is 22.9 Å². The maximum absolute atomic E-state index is 10.5. The van der Waals surface area contributed by atoms with Gasteiger partial charge in [0.1, 0.15) is 0 Å². The molecule has 1 aliphatic heterocycles. The number of hydrogen-bond donors (Lipinski definition) is 1. The number of nitrogens with zero attached hydrogens (tertiary/aromatic N) is 1. The van der Waals surface area contributed by atoms with Crippen molar-refractivity contribution >= 4 is 28.9 Å². The molecule has 0 bridgehead atoms. The third kappa shape index (κ3) is 3.98. The van der Waals surface area contributed by atoms with Crippen LogP contribution in [0.3, 0.4) is 0 Å². The van der Waals surface area contributed by atoms with Crippen molar-refractivity contribution in [3.63, 3.8) is 0 Å². The molecule has 1 aromatic rings. The number of halogens is 1. The molecule has 0 aliphatic carbocycles. The van der Waals surface area contributed by atoms with Crippen LogP contribution in [0, 0.1) is 5.92 Å². The third-order valence-corrected chi connectivity index (χ3v) is 4.41. The fourth-order valence-electron chi connectivity index (χ4n) is 2.28. The van der Waals surface area contributed by atoms with Crippen LogP contribution in [0.2, 0.25) is 5.02 Å². The minimum absolute atomic E-state index is 0.295. The minimum Gasteiger partial charge on any atom is -0.481 e. The van der Waals surface area contributed by atoms with Gasteiger partial charge in [-0.15, -0.1) is 11.3 Å². The van der Waals surface area contributed by atoms with E-state index in [-0.39, 0.29) is 0 Å². The first-order valence-electron chi connectivity index (χ1n) is 5.80. The highest BCUT2D eigenvalue weighted by Crippen LogP contribution is 2.25. The first kappa shape index (κ1) is 12.9. The molecular formula is C12H16ClNO2S. The van der Waals surface area contributed by atoms with E-state index in [0.717, 1.165) is 37.5 Å². The lowest BCUT2D eigenvalue weighted by Crippen LogP contribution is -2.19. The molecule has 0 spiro atoms. The topological polar surface area (TPSA) is 40.5 Å². The molecule has 1 N–H and O–H groups in total. The number of carboxylic acid groups (broad SMARTS) is 1. The molecule has 1 aromatic heterocycles. The Morgan fingerprint density at radius 3 is 3.12 bits per heavy atom. The van der Waals surface area contributed by atoms with Gasteiger partial charge in [-0.2, -0.15) is 0 Å². The lowest BCUT2D eigenvalue weighted by molar-refractivity contribution is -0.137. The van der Waals surface area contributed by atoms with Crippen molar-refractivity contribution in [2.24, 2.45) is 5.92 Å². The Kier molecular flexibility index (Phi) is 4.42. The molecule has 0 aromatic carbocycles. The number of aliphatic carboxylic acids is 1. The van der Waals surface area contributed by atoms with E-state index in [2.05, 4.69) is 4.90 Å². The van der Waals surface area contributed by atoms with Crippen molar-refractivity contribution in [1.29, 1.82) is 0 Å². The molecule has 0 saturated carbocycles. The summed E-state index contributed by atoms with van der Waals surface area (Å²) in [5, 5.41) is 11.4. The average Bonchev–Trinajstić information content (AvgIpc) is 2.86. The first-order chi connectivity index (χ1) is 8.13. The molecule has 94 valence electrons. The normalized spacial score (nSPS) is 20.9. The van der Waals surface area contributed by atoms with Gasteiger partial charge < -0.3 is 5.11 Å². The Morgan fingerprint density at radius 1 is 1.65 bits per heavy atom. The summed E-state index contributed by atoms with van der Waals surface area (Å²) in [5.41, 5.74) is 0. The molecule has 5 heteroatoms. The second kappa shape index (κ2) is 5.85. The summed E-state index contributed by atoms with van der Waals surface area (Å²) < 4.78 is 0. The number of rotatable bonds is 5. The maximum atomic E-state index is 10.5. The first-order valence-corrected chi connectivity index (χ1v) is 7.06. The number of thiophene rings is 1. The quantitative estimate of drug-likeness (QED) is 0.896. The van der Waals surface area contributed by atoms with E-state index in [9.17, 15) is 4.79 Å². The molecule has 1 saturated heterocycles. The summed E-state index contributed by atoms with van der Waals surface area (Å²) >= 11 is 7.57. The second-order valence-electron chi connectivity index (χ2n) is 4.55. The van der Waals surface area contributed by atoms with E-state index in [1.165, 1.54) is 4.88 Å². The Hall–Kier alpha value is -0.580. The Morgan fingerprint density at radius 2 is 2.47 bits per heavy atom. The van der Waals surface area contributed by atoms with Gasteiger partial charge in [-0.05, 0) is 31.4 Å². The van der Waals surface area contributed by atoms with Crippen LogP contribution in [-0.4, -0.2) is 29.1 Å². The highest BCUT2D eigenvalue weighted by atomic mass is 35.5. The molecule has 2 rings (SSSR count). The van der Waals surface area contributed by atoms with Crippen molar-refractivity contribution < 1.29 is 9.90 Å². The standard InChI is InChI=1S/C12H16ClNO2S/c13-10-5-11(17-8-10)7-14-4-3-9(6-14)1-2-12(15)16/h5,8-9H,1-4,6-7H2,(H,15,16). The van der Waals surface area contributed by atoms with Crippen molar-refractivity contribution in [2.45, 2.75) is 25.8 Å². The van der Waals surface area contributed by atoms with Gasteiger partial charge in [0.15, 0.2) is 0 Å². The number of carboxylic acids is 1. The molecule has 1 atom stereocenters. The third-order valence-electron chi connectivity index (χ3n) is 3.14. The fourth-order valence-corrected chi connectivity index (χ4v) is 3.39. The predicted octanol–water partition coefficient (Wildman–Crippen LogP) is 3.09. The van der Waals surface area contributed by atoms with Crippen LogP contribution in [-0.2, 0) is 11.3 Å². The van der Waals surface area contributed by atoms with E-state index < -0.39 is 5.97 Å². The zero-order valence-corrected chi connectivity index (χ0v) is 11.1. The van der Waals surface area contributed by atoms with Crippen molar-refractivity contribution in [3.05, 3.63) is 21.3 Å². The number of carbonyl (C=O) groups is 1. The van der Waals surface area contributed by atoms with Crippen LogP contribution in [0.5, 0.6) is 0 Å². The zero-order valence-electron chi connectivity index (χ0n) is 9.56. The van der Waals surface area contributed by atoms with Crippen molar-refractivity contribution in [1.82, 2.24) is 4.90 Å². The molecular weight excluding hydrogens is 258 g/mol. The van der Waals surface area contributed by atoms with Gasteiger partial charge in [0, 0.05) is 29.8 Å². The zero-order chi connectivity index (χ0) is 12.3. The summed E-state index contributed by atoms with van der Waals surface area (Å²) in [6.45, 7) is 3.03. The second-order valence-corrected chi connectivity index (χ2v) is 5.99. The number of likely N-dealkylation sites (tertiary alicyclic amines) is 1. The van der Waals surface area contributed by atoms with Crippen LogP contribution in [0.25, 0.3) is 0 Å². The van der Waals surface area contributed by atoms with Crippen molar-refractivity contribution in [3.8, 4) is 0 Å². The van der Waals surface area contributed by atoms with Crippen LogP contribution in [0.1, 0.15) is 24.1 Å². The molecule has 0 amide bonds. The van der Waals surface area contributed by atoms with E-state index in [4.69, 9.17) is 16.7 Å². The molecule has 2 heterocycles. The SMILES string of the molecule is O=C(O)CCC1CCN(Cc2cc(Cl)cs2)C1. The molecule has 3 nitrogen and oxygen atoms in total.